The van der Waals surface area contributed by atoms with Crippen molar-refractivity contribution in [1.29, 1.82) is 0 Å². The molecule has 2 aromatic carbocycles. The minimum atomic E-state index is -0.802. The summed E-state index contributed by atoms with van der Waals surface area (Å²) in [6.07, 6.45) is 0.531. The molecule has 1 fully saturated rings. The summed E-state index contributed by atoms with van der Waals surface area (Å²) in [5.41, 5.74) is 8.57. The lowest BCUT2D eigenvalue weighted by Gasteiger charge is -2.20. The molecule has 3 rings (SSSR count). The minimum absolute atomic E-state index is 0.154. The molecule has 0 aliphatic carbocycles. The highest BCUT2D eigenvalue weighted by Gasteiger charge is 2.35. The molecule has 0 saturated carbocycles. The average molecular weight is 353 g/mol. The molecule has 136 valence electrons. The summed E-state index contributed by atoms with van der Waals surface area (Å²) < 4.78 is 5.33. The molecule has 26 heavy (non-hydrogen) atoms. The van der Waals surface area contributed by atoms with E-state index in [4.69, 9.17) is 10.5 Å². The first-order valence-electron chi connectivity index (χ1n) is 8.58. The van der Waals surface area contributed by atoms with Crippen LogP contribution in [0.5, 0.6) is 5.75 Å². The van der Waals surface area contributed by atoms with Crippen molar-refractivity contribution < 1.29 is 14.3 Å². The maximum absolute atomic E-state index is 12.7. The average Bonchev–Trinajstić information content (AvgIpc) is 3.02. The Kier molecular flexibility index (Phi) is 5.23. The summed E-state index contributed by atoms with van der Waals surface area (Å²) in [4.78, 5) is 26.8. The molecule has 0 spiro atoms. The fourth-order valence-corrected chi connectivity index (χ4v) is 3.09. The summed E-state index contributed by atoms with van der Waals surface area (Å²) in [5.74, 6) is 0.122. The van der Waals surface area contributed by atoms with Crippen molar-refractivity contribution in [2.75, 3.05) is 18.6 Å². The Bertz CT molecular complexity index is 804. The first-order valence-corrected chi connectivity index (χ1v) is 8.58. The Morgan fingerprint density at radius 3 is 2.62 bits per heavy atom. The lowest BCUT2D eigenvalue weighted by molar-refractivity contribution is -0.127. The van der Waals surface area contributed by atoms with E-state index in [1.165, 1.54) is 0 Å². The van der Waals surface area contributed by atoms with E-state index in [-0.39, 0.29) is 11.8 Å². The van der Waals surface area contributed by atoms with Crippen LogP contribution in [0, 0.1) is 6.92 Å². The van der Waals surface area contributed by atoms with E-state index in [2.05, 4.69) is 5.32 Å². The molecule has 1 saturated heterocycles. The van der Waals surface area contributed by atoms with Gasteiger partial charge in [-0.1, -0.05) is 42.0 Å². The molecule has 0 bridgehead atoms. The number of benzene rings is 2. The lowest BCUT2D eigenvalue weighted by Crippen LogP contribution is -2.45. The topological polar surface area (TPSA) is 84.7 Å². The molecule has 1 aliphatic heterocycles. The first kappa shape index (κ1) is 17.9. The largest absolute Gasteiger partial charge is 0.495 e. The Hall–Kier alpha value is -2.86. The molecule has 2 unspecified atom stereocenters. The van der Waals surface area contributed by atoms with E-state index >= 15 is 0 Å². The van der Waals surface area contributed by atoms with Crippen molar-refractivity contribution in [3.8, 4) is 5.75 Å². The number of anilines is 1. The van der Waals surface area contributed by atoms with Crippen LogP contribution in [0.3, 0.4) is 0 Å². The molecular weight excluding hydrogens is 330 g/mol. The fourth-order valence-electron chi connectivity index (χ4n) is 3.09. The van der Waals surface area contributed by atoms with Gasteiger partial charge in [-0.3, -0.25) is 9.59 Å². The number of para-hydroxylation sites is 2. The second-order valence-corrected chi connectivity index (χ2v) is 6.40. The molecule has 0 radical (unpaired) electrons. The van der Waals surface area contributed by atoms with Crippen LogP contribution in [0.25, 0.3) is 0 Å². The van der Waals surface area contributed by atoms with Crippen LogP contribution in [0.15, 0.2) is 48.5 Å². The summed E-state index contributed by atoms with van der Waals surface area (Å²) in [6, 6.07) is 13.4. The van der Waals surface area contributed by atoms with Crippen LogP contribution < -0.4 is 20.7 Å². The number of rotatable bonds is 5. The number of ether oxygens (including phenoxy) is 1. The van der Waals surface area contributed by atoms with Crippen molar-refractivity contribution in [1.82, 2.24) is 5.32 Å². The zero-order valence-corrected chi connectivity index (χ0v) is 14.9. The van der Waals surface area contributed by atoms with Gasteiger partial charge in [0.15, 0.2) is 0 Å². The second-order valence-electron chi connectivity index (χ2n) is 6.40. The smallest absolute Gasteiger partial charge is 0.249 e. The van der Waals surface area contributed by atoms with E-state index in [0.29, 0.717) is 24.4 Å². The zero-order valence-electron chi connectivity index (χ0n) is 14.9. The summed E-state index contributed by atoms with van der Waals surface area (Å²) in [7, 11) is 1.57. The maximum atomic E-state index is 12.7. The summed E-state index contributed by atoms with van der Waals surface area (Å²) >= 11 is 0. The Morgan fingerprint density at radius 1 is 1.23 bits per heavy atom. The molecule has 0 aromatic heterocycles. The number of hydrogen-bond donors (Lipinski definition) is 2. The van der Waals surface area contributed by atoms with Gasteiger partial charge in [0, 0.05) is 6.54 Å². The van der Waals surface area contributed by atoms with E-state index in [9.17, 15) is 9.59 Å². The maximum Gasteiger partial charge on any atom is 0.249 e. The van der Waals surface area contributed by atoms with Gasteiger partial charge in [0.2, 0.25) is 11.8 Å². The van der Waals surface area contributed by atoms with Gasteiger partial charge in [0.05, 0.1) is 12.8 Å². The van der Waals surface area contributed by atoms with Crippen LogP contribution >= 0.6 is 0 Å². The normalized spacial score (nSPS) is 17.9. The molecular formula is C20H23N3O3. The molecule has 2 aromatic rings. The van der Waals surface area contributed by atoms with Crippen LogP contribution in [0.4, 0.5) is 5.69 Å². The van der Waals surface area contributed by atoms with Crippen LogP contribution in [-0.2, 0) is 9.59 Å². The molecule has 1 aliphatic rings. The van der Waals surface area contributed by atoms with Gasteiger partial charge in [-0.15, -0.1) is 0 Å². The number of nitrogens with one attached hydrogen (secondary N) is 1. The summed E-state index contributed by atoms with van der Waals surface area (Å²) in [5, 5.41) is 2.78. The number of hydrogen-bond acceptors (Lipinski definition) is 4. The number of nitrogens with two attached hydrogens (primary N) is 1. The van der Waals surface area contributed by atoms with Crippen molar-refractivity contribution in [3.63, 3.8) is 0 Å². The standard InChI is InChI=1S/C20H23N3O3/c1-13-7-9-14(10-8-13)18(21)19(24)22-15-11-12-23(20(15)25)16-5-3-4-6-17(16)26-2/h3-10,15,18H,11-12,21H2,1-2H3,(H,22,24). The van der Waals surface area contributed by atoms with Crippen LogP contribution in [0.2, 0.25) is 0 Å². The molecule has 6 nitrogen and oxygen atoms in total. The highest BCUT2D eigenvalue weighted by Crippen LogP contribution is 2.31. The molecule has 3 N–H and O–H groups in total. The first-order chi connectivity index (χ1) is 12.5. The van der Waals surface area contributed by atoms with Gasteiger partial charge < -0.3 is 20.7 Å². The van der Waals surface area contributed by atoms with Gasteiger partial charge >= 0.3 is 0 Å². The van der Waals surface area contributed by atoms with Crippen molar-refractivity contribution >= 4 is 17.5 Å². The third-order valence-corrected chi connectivity index (χ3v) is 4.62. The number of carbonyl (C=O) groups is 2. The number of aryl methyl sites for hydroxylation is 1. The van der Waals surface area contributed by atoms with E-state index in [1.54, 1.807) is 12.0 Å². The number of nitrogens with zero attached hydrogens (tertiary/aromatic N) is 1. The third kappa shape index (κ3) is 3.55. The molecule has 2 amide bonds. The Morgan fingerprint density at radius 2 is 1.92 bits per heavy atom. The Balaban J connectivity index is 1.68. The van der Waals surface area contributed by atoms with E-state index in [1.807, 2.05) is 55.5 Å². The quantitative estimate of drug-likeness (QED) is 0.860. The predicted molar refractivity (Wildman–Crippen MR) is 100 cm³/mol. The predicted octanol–water partition coefficient (Wildman–Crippen LogP) is 1.93. The van der Waals surface area contributed by atoms with Crippen molar-refractivity contribution in [2.45, 2.75) is 25.4 Å². The van der Waals surface area contributed by atoms with Gasteiger partial charge in [0.25, 0.3) is 0 Å². The van der Waals surface area contributed by atoms with Crippen molar-refractivity contribution in [3.05, 3.63) is 59.7 Å². The Labute approximate surface area is 152 Å². The summed E-state index contributed by atoms with van der Waals surface area (Å²) in [6.45, 7) is 2.49. The number of carbonyl (C=O) groups excluding carboxylic acids is 2. The zero-order chi connectivity index (χ0) is 18.7. The van der Waals surface area contributed by atoms with Gasteiger partial charge in [0.1, 0.15) is 17.8 Å². The van der Waals surface area contributed by atoms with E-state index in [0.717, 1.165) is 11.1 Å². The SMILES string of the molecule is COc1ccccc1N1CCC(NC(=O)C(N)c2ccc(C)cc2)C1=O. The fraction of sp³-hybridized carbons (Fsp3) is 0.300. The monoisotopic (exact) mass is 353 g/mol. The van der Waals surface area contributed by atoms with Gasteiger partial charge in [-0.25, -0.2) is 0 Å². The number of amides is 2. The van der Waals surface area contributed by atoms with Crippen LogP contribution in [0.1, 0.15) is 23.6 Å². The van der Waals surface area contributed by atoms with Crippen LogP contribution in [-0.4, -0.2) is 31.5 Å². The molecule has 6 heteroatoms. The third-order valence-electron chi connectivity index (χ3n) is 4.62. The van der Waals surface area contributed by atoms with E-state index < -0.39 is 12.1 Å². The number of methoxy groups -OCH3 is 1. The highest BCUT2D eigenvalue weighted by molar-refractivity contribution is 6.02. The lowest BCUT2D eigenvalue weighted by atomic mass is 10.0. The van der Waals surface area contributed by atoms with Crippen molar-refractivity contribution in [2.24, 2.45) is 5.73 Å². The van der Waals surface area contributed by atoms with Gasteiger partial charge in [-0.2, -0.15) is 0 Å². The minimum Gasteiger partial charge on any atom is -0.495 e. The van der Waals surface area contributed by atoms with Gasteiger partial charge in [-0.05, 0) is 31.0 Å². The molecule has 2 atom stereocenters. The highest BCUT2D eigenvalue weighted by atomic mass is 16.5. The molecule has 1 heterocycles. The second kappa shape index (κ2) is 7.58.